The number of hydrogen-bond donors (Lipinski definition) is 3. The van der Waals surface area contributed by atoms with E-state index in [1.54, 1.807) is 12.1 Å². The zero-order valence-electron chi connectivity index (χ0n) is 16.0. The van der Waals surface area contributed by atoms with E-state index in [4.69, 9.17) is 11.6 Å². The van der Waals surface area contributed by atoms with Gasteiger partial charge in [-0.05, 0) is 56.1 Å². The van der Waals surface area contributed by atoms with Gasteiger partial charge in [-0.25, -0.2) is 24.3 Å². The number of rotatable bonds is 4. The molecule has 0 aliphatic carbocycles. The van der Waals surface area contributed by atoms with Crippen LogP contribution in [0, 0.1) is 5.82 Å². The number of nitrogens with one attached hydrogen (secondary N) is 3. The Labute approximate surface area is 201 Å². The third-order valence-corrected chi connectivity index (χ3v) is 5.16. The van der Waals surface area contributed by atoms with Crippen LogP contribution in [0.15, 0.2) is 45.6 Å². The molecule has 3 N–H and O–H groups in total. The molecule has 32 heavy (non-hydrogen) atoms. The Kier molecular flexibility index (Phi) is 7.43. The van der Waals surface area contributed by atoms with Gasteiger partial charge in [0.25, 0.3) is 11.8 Å². The second-order valence-corrected chi connectivity index (χ2v) is 7.98. The van der Waals surface area contributed by atoms with Gasteiger partial charge in [0.05, 0.1) is 23.4 Å². The Hall–Kier alpha value is -3.03. The van der Waals surface area contributed by atoms with Crippen molar-refractivity contribution in [1.82, 2.24) is 25.6 Å². The number of carbonyl (C=O) groups is 3. The molecular formula is C18H12Br2ClFN6O4. The molecule has 0 fully saturated rings. The van der Waals surface area contributed by atoms with Crippen LogP contribution in [-0.2, 0) is 4.74 Å². The summed E-state index contributed by atoms with van der Waals surface area (Å²) in [5, 5.41) is 6.95. The predicted octanol–water partition coefficient (Wildman–Crippen LogP) is 3.84. The van der Waals surface area contributed by atoms with E-state index < -0.39 is 23.7 Å². The summed E-state index contributed by atoms with van der Waals surface area (Å²) in [6.45, 7) is 0. The normalized spacial score (nSPS) is 10.4. The Bertz CT molecular complexity index is 1220. The fourth-order valence-corrected chi connectivity index (χ4v) is 3.60. The summed E-state index contributed by atoms with van der Waals surface area (Å²) in [6.07, 6.45) is 0.534. The molecule has 0 saturated carbocycles. The van der Waals surface area contributed by atoms with E-state index in [-0.39, 0.29) is 32.3 Å². The molecule has 0 spiro atoms. The summed E-state index contributed by atoms with van der Waals surface area (Å²) in [7, 11) is 1.10. The molecule has 2 aromatic heterocycles. The summed E-state index contributed by atoms with van der Waals surface area (Å²) < 4.78 is 19.9. The van der Waals surface area contributed by atoms with Crippen LogP contribution in [0.25, 0.3) is 5.82 Å². The molecule has 3 rings (SSSR count). The largest absolute Gasteiger partial charge is 0.452 e. The van der Waals surface area contributed by atoms with Gasteiger partial charge in [-0.2, -0.15) is 5.10 Å². The van der Waals surface area contributed by atoms with Crippen LogP contribution in [0.3, 0.4) is 0 Å². The quantitative estimate of drug-likeness (QED) is 0.397. The SMILES string of the molecule is COC(=O)NNC(=O)c1cc(F)cc(Br)c1NC(=O)c1cc(Br)nn1-c1ncccc1Cl. The van der Waals surface area contributed by atoms with Crippen LogP contribution >= 0.6 is 43.5 Å². The van der Waals surface area contributed by atoms with Crippen LogP contribution in [-0.4, -0.2) is 39.8 Å². The molecule has 0 unspecified atom stereocenters. The minimum atomic E-state index is -0.944. The summed E-state index contributed by atoms with van der Waals surface area (Å²) in [5.74, 6) is -2.17. The standard InChI is InChI=1S/C18H12Br2ClFN6O4/c1-32-18(31)26-25-16(29)9-5-8(22)6-10(19)14(9)24-17(30)12-7-13(20)27-28(12)15-11(21)3-2-4-23-15/h2-7H,1H3,(H,24,30)(H,25,29)(H,26,31). The van der Waals surface area contributed by atoms with Crippen molar-refractivity contribution in [3.05, 3.63) is 67.7 Å². The smallest absolute Gasteiger partial charge is 0.425 e. The highest BCUT2D eigenvalue weighted by Crippen LogP contribution is 2.29. The number of methoxy groups -OCH3 is 1. The van der Waals surface area contributed by atoms with Crippen molar-refractivity contribution in [3.8, 4) is 5.82 Å². The second-order valence-electron chi connectivity index (χ2n) is 5.91. The highest BCUT2D eigenvalue weighted by Gasteiger charge is 2.23. The van der Waals surface area contributed by atoms with Crippen molar-refractivity contribution < 1.29 is 23.5 Å². The third-order valence-electron chi connectivity index (χ3n) is 3.85. The minimum Gasteiger partial charge on any atom is -0.452 e. The monoisotopic (exact) mass is 588 g/mol. The maximum absolute atomic E-state index is 13.9. The average Bonchev–Trinajstić information content (AvgIpc) is 3.15. The fraction of sp³-hybridized carbons (Fsp3) is 0.0556. The van der Waals surface area contributed by atoms with Gasteiger partial charge in [0, 0.05) is 16.7 Å². The molecule has 3 aromatic rings. The number of carbonyl (C=O) groups excluding carboxylic acids is 3. The van der Waals surface area contributed by atoms with Gasteiger partial charge in [0.1, 0.15) is 16.1 Å². The fourth-order valence-electron chi connectivity index (χ4n) is 2.49. The Morgan fingerprint density at radius 3 is 2.59 bits per heavy atom. The molecule has 0 aliphatic heterocycles. The molecule has 0 bridgehead atoms. The number of benzene rings is 1. The first-order chi connectivity index (χ1) is 15.2. The first-order valence-corrected chi connectivity index (χ1v) is 10.5. The summed E-state index contributed by atoms with van der Waals surface area (Å²) in [4.78, 5) is 40.9. The van der Waals surface area contributed by atoms with E-state index in [0.717, 1.165) is 19.2 Å². The second kappa shape index (κ2) is 10.1. The molecular weight excluding hydrogens is 578 g/mol. The van der Waals surface area contributed by atoms with Crippen molar-refractivity contribution in [3.63, 3.8) is 0 Å². The highest BCUT2D eigenvalue weighted by atomic mass is 79.9. The van der Waals surface area contributed by atoms with Crippen LogP contribution in [0.1, 0.15) is 20.8 Å². The topological polar surface area (TPSA) is 127 Å². The Morgan fingerprint density at radius 2 is 1.91 bits per heavy atom. The lowest BCUT2D eigenvalue weighted by atomic mass is 10.1. The van der Waals surface area contributed by atoms with Gasteiger partial charge >= 0.3 is 6.09 Å². The lowest BCUT2D eigenvalue weighted by Crippen LogP contribution is -2.41. The number of pyridine rings is 1. The first-order valence-electron chi connectivity index (χ1n) is 8.52. The molecule has 3 amide bonds. The predicted molar refractivity (Wildman–Crippen MR) is 119 cm³/mol. The van der Waals surface area contributed by atoms with Crippen LogP contribution < -0.4 is 16.2 Å². The molecule has 1 aromatic carbocycles. The maximum atomic E-state index is 13.9. The van der Waals surface area contributed by atoms with Crippen LogP contribution in [0.5, 0.6) is 0 Å². The number of hydrogen-bond acceptors (Lipinski definition) is 6. The number of hydrazine groups is 1. The van der Waals surface area contributed by atoms with Crippen molar-refractivity contribution in [2.24, 2.45) is 0 Å². The van der Waals surface area contributed by atoms with E-state index in [2.05, 4.69) is 57.4 Å². The van der Waals surface area contributed by atoms with E-state index in [0.29, 0.717) is 4.60 Å². The van der Waals surface area contributed by atoms with E-state index in [1.165, 1.54) is 16.9 Å². The zero-order chi connectivity index (χ0) is 23.4. The average molecular weight is 591 g/mol. The molecule has 0 atom stereocenters. The summed E-state index contributed by atoms with van der Waals surface area (Å²) in [5.41, 5.74) is 3.71. The van der Waals surface area contributed by atoms with E-state index >= 15 is 0 Å². The van der Waals surface area contributed by atoms with Gasteiger partial charge in [-0.15, -0.1) is 0 Å². The third kappa shape index (κ3) is 5.23. The summed E-state index contributed by atoms with van der Waals surface area (Å²) in [6, 6.07) is 6.55. The van der Waals surface area contributed by atoms with Crippen LogP contribution in [0.4, 0.5) is 14.9 Å². The van der Waals surface area contributed by atoms with Gasteiger partial charge < -0.3 is 10.1 Å². The zero-order valence-corrected chi connectivity index (χ0v) is 19.9. The van der Waals surface area contributed by atoms with Crippen molar-refractivity contribution >= 4 is 67.1 Å². The maximum Gasteiger partial charge on any atom is 0.425 e. The van der Waals surface area contributed by atoms with Gasteiger partial charge in [-0.3, -0.25) is 15.0 Å². The van der Waals surface area contributed by atoms with E-state index in [1.807, 2.05) is 5.43 Å². The Balaban J connectivity index is 1.96. The van der Waals surface area contributed by atoms with Gasteiger partial charge in [0.2, 0.25) is 0 Å². The number of ether oxygens (including phenoxy) is 1. The highest BCUT2D eigenvalue weighted by molar-refractivity contribution is 9.10. The van der Waals surface area contributed by atoms with Crippen molar-refractivity contribution in [1.29, 1.82) is 0 Å². The number of aromatic nitrogens is 3. The van der Waals surface area contributed by atoms with Gasteiger partial charge in [-0.1, -0.05) is 11.6 Å². The van der Waals surface area contributed by atoms with Crippen molar-refractivity contribution in [2.75, 3.05) is 12.4 Å². The number of amides is 3. The number of halogens is 4. The number of nitrogens with zero attached hydrogens (tertiary/aromatic N) is 3. The molecule has 14 heteroatoms. The molecule has 0 saturated heterocycles. The summed E-state index contributed by atoms with van der Waals surface area (Å²) >= 11 is 12.5. The van der Waals surface area contributed by atoms with Crippen molar-refractivity contribution in [2.45, 2.75) is 0 Å². The minimum absolute atomic E-state index is 0.0211. The number of anilines is 1. The molecule has 166 valence electrons. The molecule has 2 heterocycles. The first kappa shape index (κ1) is 23.6. The lowest BCUT2D eigenvalue weighted by molar-refractivity contribution is 0.0921. The molecule has 10 nitrogen and oxygen atoms in total. The van der Waals surface area contributed by atoms with Crippen LogP contribution in [0.2, 0.25) is 5.02 Å². The van der Waals surface area contributed by atoms with Gasteiger partial charge in [0.15, 0.2) is 5.82 Å². The molecule has 0 radical (unpaired) electrons. The molecule has 0 aliphatic rings. The Morgan fingerprint density at radius 1 is 1.16 bits per heavy atom. The van der Waals surface area contributed by atoms with E-state index in [9.17, 15) is 18.8 Å². The lowest BCUT2D eigenvalue weighted by Gasteiger charge is -2.14.